The topological polar surface area (TPSA) is 57.6 Å². The number of para-hydroxylation sites is 1. The first kappa shape index (κ1) is 18.4. The Morgan fingerprint density at radius 3 is 2.43 bits per heavy atom. The number of hydrogen-bond acceptors (Lipinski definition) is 3. The number of benzene rings is 3. The van der Waals surface area contributed by atoms with E-state index in [1.54, 1.807) is 23.1 Å². The molecular weight excluding hydrogens is 350 g/mol. The van der Waals surface area contributed by atoms with E-state index < -0.39 is 11.5 Å². The van der Waals surface area contributed by atoms with Crippen LogP contribution in [0.25, 0.3) is 10.8 Å². The van der Waals surface area contributed by atoms with Crippen LogP contribution in [-0.2, 0) is 10.4 Å². The number of rotatable bonds is 5. The molecule has 0 saturated carbocycles. The van der Waals surface area contributed by atoms with Crippen LogP contribution in [0, 0.1) is 5.92 Å². The Hall–Kier alpha value is -2.98. The van der Waals surface area contributed by atoms with Crippen molar-refractivity contribution in [1.29, 1.82) is 0 Å². The van der Waals surface area contributed by atoms with Crippen LogP contribution in [0.5, 0.6) is 0 Å². The highest BCUT2D eigenvalue weighted by atomic mass is 16.3. The van der Waals surface area contributed by atoms with E-state index in [1.807, 2.05) is 62.4 Å². The molecule has 142 valence electrons. The molecule has 1 N–H and O–H groups in total. The summed E-state index contributed by atoms with van der Waals surface area (Å²) >= 11 is 0. The van der Waals surface area contributed by atoms with Gasteiger partial charge in [-0.1, -0.05) is 68.4 Å². The molecule has 28 heavy (non-hydrogen) atoms. The summed E-state index contributed by atoms with van der Waals surface area (Å²) in [7, 11) is 0. The number of anilines is 1. The Balaban J connectivity index is 1.69. The van der Waals surface area contributed by atoms with Gasteiger partial charge in [-0.3, -0.25) is 9.59 Å². The molecule has 1 amide bonds. The third kappa shape index (κ3) is 3.00. The molecule has 1 aliphatic rings. The molecule has 0 spiro atoms. The summed E-state index contributed by atoms with van der Waals surface area (Å²) in [5.41, 5.74) is -0.127. The standard InChI is InChI=1S/C24H23NO3/c1-16(2)15-25-21-10-6-5-9-20(21)24(28,23(25)27)14-22(26)19-12-11-17-7-3-4-8-18(17)13-19/h3-13,16,28H,14-15H2,1-2H3. The van der Waals surface area contributed by atoms with Crippen LogP contribution in [0.1, 0.15) is 36.2 Å². The van der Waals surface area contributed by atoms with Gasteiger partial charge in [0.05, 0.1) is 12.1 Å². The molecule has 1 unspecified atom stereocenters. The zero-order chi connectivity index (χ0) is 19.9. The predicted molar refractivity (Wildman–Crippen MR) is 110 cm³/mol. The molecule has 0 fully saturated rings. The Morgan fingerprint density at radius 2 is 1.68 bits per heavy atom. The second-order valence-corrected chi connectivity index (χ2v) is 7.85. The molecular formula is C24H23NO3. The van der Waals surface area contributed by atoms with E-state index in [0.717, 1.165) is 10.8 Å². The van der Waals surface area contributed by atoms with Gasteiger partial charge >= 0.3 is 0 Å². The molecule has 1 atom stereocenters. The molecule has 0 bridgehead atoms. The molecule has 0 aromatic heterocycles. The van der Waals surface area contributed by atoms with Gasteiger partial charge in [0.2, 0.25) is 0 Å². The summed E-state index contributed by atoms with van der Waals surface area (Å²) < 4.78 is 0. The van der Waals surface area contributed by atoms with Crippen molar-refractivity contribution in [1.82, 2.24) is 0 Å². The van der Waals surface area contributed by atoms with Crippen molar-refractivity contribution >= 4 is 28.2 Å². The SMILES string of the molecule is CC(C)CN1C(=O)C(O)(CC(=O)c2ccc3ccccc3c2)c2ccccc21. The Morgan fingerprint density at radius 1 is 1.00 bits per heavy atom. The van der Waals surface area contributed by atoms with Gasteiger partial charge < -0.3 is 10.0 Å². The van der Waals surface area contributed by atoms with Gasteiger partial charge in [-0.25, -0.2) is 0 Å². The number of nitrogens with zero attached hydrogens (tertiary/aromatic N) is 1. The lowest BCUT2D eigenvalue weighted by atomic mass is 9.87. The number of aliphatic hydroxyl groups is 1. The number of carbonyl (C=O) groups excluding carboxylic acids is 2. The lowest BCUT2D eigenvalue weighted by molar-refractivity contribution is -0.136. The highest BCUT2D eigenvalue weighted by Crippen LogP contribution is 2.43. The first-order valence-corrected chi connectivity index (χ1v) is 9.56. The van der Waals surface area contributed by atoms with Crippen molar-refractivity contribution in [2.75, 3.05) is 11.4 Å². The third-order valence-electron chi connectivity index (χ3n) is 5.27. The van der Waals surface area contributed by atoms with Crippen molar-refractivity contribution in [3.63, 3.8) is 0 Å². The molecule has 4 heteroatoms. The van der Waals surface area contributed by atoms with Crippen molar-refractivity contribution in [3.8, 4) is 0 Å². The van der Waals surface area contributed by atoms with E-state index in [0.29, 0.717) is 23.4 Å². The number of fused-ring (bicyclic) bond motifs is 2. The van der Waals surface area contributed by atoms with Crippen LogP contribution in [0.2, 0.25) is 0 Å². The third-order valence-corrected chi connectivity index (χ3v) is 5.27. The first-order chi connectivity index (χ1) is 13.4. The van der Waals surface area contributed by atoms with Crippen LogP contribution in [0.4, 0.5) is 5.69 Å². The van der Waals surface area contributed by atoms with Gasteiger partial charge in [-0.15, -0.1) is 0 Å². The molecule has 1 aliphatic heterocycles. The van der Waals surface area contributed by atoms with Gasteiger partial charge in [0.1, 0.15) is 0 Å². The van der Waals surface area contributed by atoms with Gasteiger partial charge in [-0.2, -0.15) is 0 Å². The van der Waals surface area contributed by atoms with E-state index in [9.17, 15) is 14.7 Å². The molecule has 4 rings (SSSR count). The largest absolute Gasteiger partial charge is 0.375 e. The molecule has 4 nitrogen and oxygen atoms in total. The Bertz CT molecular complexity index is 1070. The monoisotopic (exact) mass is 373 g/mol. The van der Waals surface area contributed by atoms with Crippen molar-refractivity contribution < 1.29 is 14.7 Å². The minimum absolute atomic E-state index is 0.246. The summed E-state index contributed by atoms with van der Waals surface area (Å²) in [6.45, 7) is 4.54. The van der Waals surface area contributed by atoms with Crippen molar-refractivity contribution in [2.45, 2.75) is 25.9 Å². The number of hydrogen-bond donors (Lipinski definition) is 1. The normalized spacial score (nSPS) is 18.7. The van der Waals surface area contributed by atoms with Gasteiger partial charge in [-0.05, 0) is 28.8 Å². The summed E-state index contributed by atoms with van der Waals surface area (Å²) in [5, 5.41) is 13.3. The van der Waals surface area contributed by atoms with E-state index >= 15 is 0 Å². The fourth-order valence-electron chi connectivity index (χ4n) is 3.92. The minimum atomic E-state index is -1.83. The Labute approximate surface area is 164 Å². The van der Waals surface area contributed by atoms with Crippen molar-refractivity contribution in [2.24, 2.45) is 5.92 Å². The average Bonchev–Trinajstić information content (AvgIpc) is 2.89. The van der Waals surface area contributed by atoms with Gasteiger partial charge in [0, 0.05) is 17.7 Å². The zero-order valence-corrected chi connectivity index (χ0v) is 16.1. The molecule has 3 aromatic rings. The Kier molecular flexibility index (Phi) is 4.52. The first-order valence-electron chi connectivity index (χ1n) is 9.56. The smallest absolute Gasteiger partial charge is 0.264 e. The minimum Gasteiger partial charge on any atom is -0.375 e. The molecule has 1 heterocycles. The quantitative estimate of drug-likeness (QED) is 0.678. The molecule has 0 saturated heterocycles. The summed E-state index contributed by atoms with van der Waals surface area (Å²) in [6, 6.07) is 20.5. The summed E-state index contributed by atoms with van der Waals surface area (Å²) in [6.07, 6.45) is -0.268. The van der Waals surface area contributed by atoms with E-state index in [-0.39, 0.29) is 18.1 Å². The zero-order valence-electron chi connectivity index (χ0n) is 16.1. The van der Waals surface area contributed by atoms with E-state index in [2.05, 4.69) is 0 Å². The second-order valence-electron chi connectivity index (χ2n) is 7.85. The fourth-order valence-corrected chi connectivity index (χ4v) is 3.92. The highest BCUT2D eigenvalue weighted by Gasteiger charge is 2.50. The average molecular weight is 373 g/mol. The summed E-state index contributed by atoms with van der Waals surface area (Å²) in [5.74, 6) is -0.421. The fraction of sp³-hybridized carbons (Fsp3) is 0.250. The number of carbonyl (C=O) groups is 2. The van der Waals surface area contributed by atoms with Crippen LogP contribution in [0.15, 0.2) is 66.7 Å². The highest BCUT2D eigenvalue weighted by molar-refractivity contribution is 6.11. The number of amides is 1. The van der Waals surface area contributed by atoms with Crippen LogP contribution in [0.3, 0.4) is 0 Å². The molecule has 0 aliphatic carbocycles. The van der Waals surface area contributed by atoms with E-state index in [4.69, 9.17) is 0 Å². The lowest BCUT2D eigenvalue weighted by Crippen LogP contribution is -2.43. The maximum absolute atomic E-state index is 13.1. The maximum Gasteiger partial charge on any atom is 0.264 e. The molecule has 0 radical (unpaired) electrons. The lowest BCUT2D eigenvalue weighted by Gasteiger charge is -2.24. The second kappa shape index (κ2) is 6.88. The van der Waals surface area contributed by atoms with Crippen molar-refractivity contribution in [3.05, 3.63) is 77.9 Å². The van der Waals surface area contributed by atoms with Gasteiger partial charge in [0.15, 0.2) is 11.4 Å². The van der Waals surface area contributed by atoms with Crippen LogP contribution < -0.4 is 4.90 Å². The van der Waals surface area contributed by atoms with E-state index in [1.165, 1.54) is 0 Å². The van der Waals surface area contributed by atoms with Gasteiger partial charge in [0.25, 0.3) is 5.91 Å². The maximum atomic E-state index is 13.1. The summed E-state index contributed by atoms with van der Waals surface area (Å²) in [4.78, 5) is 27.7. The van der Waals surface area contributed by atoms with Crippen LogP contribution >= 0.6 is 0 Å². The number of ketones is 1. The number of Topliss-reactive ketones (excluding diaryl/α,β-unsaturated/α-hetero) is 1. The van der Waals surface area contributed by atoms with Crippen LogP contribution in [-0.4, -0.2) is 23.3 Å². The molecule has 3 aromatic carbocycles. The predicted octanol–water partition coefficient (Wildman–Crippen LogP) is 4.30.